The molecule has 0 aliphatic carbocycles. The Morgan fingerprint density at radius 1 is 1.39 bits per heavy atom. The highest BCUT2D eigenvalue weighted by Gasteiger charge is 2.18. The number of amides is 1. The molecule has 2 aromatic rings. The zero-order valence-corrected chi connectivity index (χ0v) is 14.1. The van der Waals surface area contributed by atoms with Crippen molar-refractivity contribution in [3.05, 3.63) is 30.1 Å². The number of aliphatic carboxylic acids is 1. The van der Waals surface area contributed by atoms with E-state index in [2.05, 4.69) is 9.97 Å². The van der Waals surface area contributed by atoms with Gasteiger partial charge in [0.15, 0.2) is 0 Å². The summed E-state index contributed by atoms with van der Waals surface area (Å²) in [6.45, 7) is 4.13. The normalized spacial score (nSPS) is 12.3. The van der Waals surface area contributed by atoms with E-state index in [0.717, 1.165) is 23.3 Å². The Hall–Kier alpha value is -2.02. The van der Waals surface area contributed by atoms with Crippen molar-refractivity contribution in [3.63, 3.8) is 0 Å². The zero-order valence-electron chi connectivity index (χ0n) is 13.3. The zero-order chi connectivity index (χ0) is 16.8. The van der Waals surface area contributed by atoms with Crippen molar-refractivity contribution in [1.29, 1.82) is 0 Å². The molecule has 1 unspecified atom stereocenters. The van der Waals surface area contributed by atoms with Crippen molar-refractivity contribution < 1.29 is 14.7 Å². The molecule has 2 N–H and O–H groups in total. The summed E-state index contributed by atoms with van der Waals surface area (Å²) >= 11 is 1.46. The minimum absolute atomic E-state index is 0.0275. The number of carboxylic acids is 1. The first-order valence-corrected chi connectivity index (χ1v) is 8.62. The van der Waals surface area contributed by atoms with E-state index < -0.39 is 5.97 Å². The van der Waals surface area contributed by atoms with Crippen molar-refractivity contribution in [2.24, 2.45) is 0 Å². The largest absolute Gasteiger partial charge is 0.480 e. The summed E-state index contributed by atoms with van der Waals surface area (Å²) in [5.74, 6) is -0.0699. The van der Waals surface area contributed by atoms with Crippen molar-refractivity contribution in [2.75, 3.05) is 18.8 Å². The number of para-hydroxylation sites is 2. The number of fused-ring (bicyclic) bond motifs is 1. The van der Waals surface area contributed by atoms with Gasteiger partial charge in [0.05, 0.1) is 22.0 Å². The van der Waals surface area contributed by atoms with Gasteiger partial charge in [-0.2, -0.15) is 0 Å². The van der Waals surface area contributed by atoms with Crippen molar-refractivity contribution >= 4 is 34.7 Å². The number of carbonyl (C=O) groups excluding carboxylic acids is 1. The number of H-pyrrole nitrogens is 1. The monoisotopic (exact) mass is 335 g/mol. The number of nitrogens with one attached hydrogen (secondary N) is 1. The van der Waals surface area contributed by atoms with E-state index >= 15 is 0 Å². The quantitative estimate of drug-likeness (QED) is 0.774. The number of imidazole rings is 1. The van der Waals surface area contributed by atoms with Crippen molar-refractivity contribution in [2.45, 2.75) is 25.5 Å². The smallest absolute Gasteiger partial charge is 0.323 e. The maximum atomic E-state index is 12.2. The van der Waals surface area contributed by atoms with Crippen LogP contribution in [0.25, 0.3) is 11.0 Å². The van der Waals surface area contributed by atoms with Crippen LogP contribution in [0.2, 0.25) is 0 Å². The van der Waals surface area contributed by atoms with Crippen LogP contribution in [-0.2, 0) is 9.59 Å². The fraction of sp³-hybridized carbons (Fsp3) is 0.438. The van der Waals surface area contributed by atoms with Gasteiger partial charge in [0, 0.05) is 6.54 Å². The Labute approximate surface area is 139 Å². The van der Waals surface area contributed by atoms with E-state index in [-0.39, 0.29) is 23.5 Å². The van der Waals surface area contributed by atoms with E-state index in [4.69, 9.17) is 5.11 Å². The minimum Gasteiger partial charge on any atom is -0.480 e. The molecule has 1 aromatic carbocycles. The van der Waals surface area contributed by atoms with Crippen LogP contribution in [0.4, 0.5) is 0 Å². The molecule has 23 heavy (non-hydrogen) atoms. The van der Waals surface area contributed by atoms with Gasteiger partial charge in [-0.3, -0.25) is 9.59 Å². The van der Waals surface area contributed by atoms with Crippen LogP contribution in [0.5, 0.6) is 0 Å². The Kier molecular flexibility index (Phi) is 6.04. The molecule has 1 aromatic heterocycles. The molecule has 0 aliphatic rings. The van der Waals surface area contributed by atoms with Crippen LogP contribution < -0.4 is 0 Å². The summed E-state index contributed by atoms with van der Waals surface area (Å²) < 4.78 is 0. The maximum Gasteiger partial charge on any atom is 0.323 e. The predicted octanol–water partition coefficient (Wildman–Crippen LogP) is 2.68. The van der Waals surface area contributed by atoms with Crippen LogP contribution in [-0.4, -0.2) is 50.7 Å². The van der Waals surface area contributed by atoms with Gasteiger partial charge in [0.2, 0.25) is 5.91 Å². The molecule has 0 saturated carbocycles. The summed E-state index contributed by atoms with van der Waals surface area (Å²) in [5.41, 5.74) is 1.87. The number of rotatable bonds is 8. The van der Waals surface area contributed by atoms with E-state index in [9.17, 15) is 9.59 Å². The Balaban J connectivity index is 1.95. The molecular formula is C16H21N3O3S. The average molecular weight is 335 g/mol. The molecule has 0 saturated heterocycles. The van der Waals surface area contributed by atoms with E-state index in [1.807, 2.05) is 38.1 Å². The highest BCUT2D eigenvalue weighted by Crippen LogP contribution is 2.27. The van der Waals surface area contributed by atoms with Crippen LogP contribution >= 0.6 is 11.8 Å². The number of benzene rings is 1. The molecule has 124 valence electrons. The van der Waals surface area contributed by atoms with Gasteiger partial charge in [0.1, 0.15) is 12.4 Å². The number of aromatic amines is 1. The third-order valence-corrected chi connectivity index (χ3v) is 4.56. The second-order valence-corrected chi connectivity index (χ2v) is 6.63. The highest BCUT2D eigenvalue weighted by molar-refractivity contribution is 8.00. The van der Waals surface area contributed by atoms with E-state index in [1.165, 1.54) is 16.7 Å². The topological polar surface area (TPSA) is 86.3 Å². The summed E-state index contributed by atoms with van der Waals surface area (Å²) in [4.78, 5) is 32.2. The molecule has 6 nitrogen and oxygen atoms in total. The van der Waals surface area contributed by atoms with Crippen LogP contribution in [0.3, 0.4) is 0 Å². The standard InChI is InChI=1S/C16H21N3O3S/c1-3-8-19(9-15(21)22)14(20)10-23-11(2)16-17-12-6-4-5-7-13(12)18-16/h4-7,11H,3,8-10H2,1-2H3,(H,17,18)(H,21,22). The number of carbonyl (C=O) groups is 2. The second-order valence-electron chi connectivity index (χ2n) is 5.30. The van der Waals surface area contributed by atoms with Crippen molar-refractivity contribution in [1.82, 2.24) is 14.9 Å². The fourth-order valence-electron chi connectivity index (χ4n) is 2.26. The molecule has 1 heterocycles. The SMILES string of the molecule is CCCN(CC(=O)O)C(=O)CSC(C)c1nc2ccccc2[nH]1. The molecule has 2 rings (SSSR count). The first kappa shape index (κ1) is 17.3. The van der Waals surface area contributed by atoms with E-state index in [1.54, 1.807) is 0 Å². The third kappa shape index (κ3) is 4.72. The molecule has 0 aliphatic heterocycles. The van der Waals surface area contributed by atoms with Gasteiger partial charge in [-0.15, -0.1) is 11.8 Å². The number of thioether (sulfide) groups is 1. The molecule has 1 atom stereocenters. The Morgan fingerprint density at radius 3 is 2.78 bits per heavy atom. The summed E-state index contributed by atoms with van der Waals surface area (Å²) in [6, 6.07) is 7.78. The maximum absolute atomic E-state index is 12.2. The summed E-state index contributed by atoms with van der Waals surface area (Å²) in [6.07, 6.45) is 0.739. The average Bonchev–Trinajstić information content (AvgIpc) is 2.95. The Morgan fingerprint density at radius 2 is 2.13 bits per heavy atom. The minimum atomic E-state index is -0.984. The lowest BCUT2D eigenvalue weighted by Crippen LogP contribution is -2.37. The van der Waals surface area contributed by atoms with E-state index in [0.29, 0.717) is 6.54 Å². The molecular weight excluding hydrogens is 314 g/mol. The van der Waals surface area contributed by atoms with Gasteiger partial charge < -0.3 is 15.0 Å². The van der Waals surface area contributed by atoms with Crippen molar-refractivity contribution in [3.8, 4) is 0 Å². The molecule has 0 spiro atoms. The van der Waals surface area contributed by atoms with Crippen LogP contribution in [0.15, 0.2) is 24.3 Å². The number of aromatic nitrogens is 2. The summed E-state index contributed by atoms with van der Waals surface area (Å²) in [5, 5.41) is 8.91. The lowest BCUT2D eigenvalue weighted by atomic mass is 10.3. The highest BCUT2D eigenvalue weighted by atomic mass is 32.2. The molecule has 0 radical (unpaired) electrons. The molecule has 0 fully saturated rings. The lowest BCUT2D eigenvalue weighted by molar-refractivity contribution is -0.143. The number of hydrogen-bond donors (Lipinski definition) is 2. The third-order valence-electron chi connectivity index (χ3n) is 3.42. The van der Waals surface area contributed by atoms with Gasteiger partial charge >= 0.3 is 5.97 Å². The van der Waals surface area contributed by atoms with Crippen LogP contribution in [0.1, 0.15) is 31.3 Å². The van der Waals surface area contributed by atoms with Gasteiger partial charge in [0.25, 0.3) is 0 Å². The molecule has 0 bridgehead atoms. The van der Waals surface area contributed by atoms with Gasteiger partial charge in [-0.1, -0.05) is 19.1 Å². The predicted molar refractivity (Wildman–Crippen MR) is 91.5 cm³/mol. The first-order chi connectivity index (χ1) is 11.0. The number of carboxylic acid groups (broad SMARTS) is 1. The number of hydrogen-bond acceptors (Lipinski definition) is 4. The van der Waals surface area contributed by atoms with Gasteiger partial charge in [-0.05, 0) is 25.5 Å². The Bertz CT molecular complexity index is 653. The lowest BCUT2D eigenvalue weighted by Gasteiger charge is -2.20. The van der Waals surface area contributed by atoms with Crippen LogP contribution in [0, 0.1) is 0 Å². The molecule has 1 amide bonds. The molecule has 7 heteroatoms. The number of nitrogens with zero attached hydrogens (tertiary/aromatic N) is 2. The van der Waals surface area contributed by atoms with Gasteiger partial charge in [-0.25, -0.2) is 4.98 Å². The summed E-state index contributed by atoms with van der Waals surface area (Å²) in [7, 11) is 0. The second kappa shape index (κ2) is 8.01. The first-order valence-electron chi connectivity index (χ1n) is 7.57. The fourth-order valence-corrected chi connectivity index (χ4v) is 3.10.